The summed E-state index contributed by atoms with van der Waals surface area (Å²) in [5.74, 6) is -2.37. The maximum Gasteiger partial charge on any atom is 0.343 e. The quantitative estimate of drug-likeness (QED) is 0.0590. The minimum Gasteiger partial charge on any atom is -0.494 e. The van der Waals surface area contributed by atoms with Crippen molar-refractivity contribution in [2.24, 2.45) is 0 Å². The number of aliphatic carboxylic acids is 1. The molecule has 4 rings (SSSR count). The van der Waals surface area contributed by atoms with Gasteiger partial charge in [-0.1, -0.05) is 56.3 Å². The highest BCUT2D eigenvalue weighted by Crippen LogP contribution is 2.20. The highest BCUT2D eigenvalue weighted by atomic mass is 35.5. The Bertz CT molecular complexity index is 1730. The summed E-state index contributed by atoms with van der Waals surface area (Å²) in [4.78, 5) is 49.9. The Hall–Kier alpha value is -5.22. The van der Waals surface area contributed by atoms with Crippen LogP contribution in [0.15, 0.2) is 91.0 Å². The molecule has 0 heterocycles. The Balaban J connectivity index is 1.25. The number of carbonyl (C=O) groups excluding carboxylic acids is 3. The van der Waals surface area contributed by atoms with Crippen LogP contribution >= 0.6 is 11.6 Å². The first kappa shape index (κ1) is 36.6. The van der Waals surface area contributed by atoms with E-state index in [1.165, 1.54) is 61.7 Å². The highest BCUT2D eigenvalue weighted by Gasteiger charge is 2.22. The van der Waals surface area contributed by atoms with Gasteiger partial charge in [-0.05, 0) is 96.4 Å². The van der Waals surface area contributed by atoms with Crippen LogP contribution in [0.25, 0.3) is 0 Å². The summed E-state index contributed by atoms with van der Waals surface area (Å²) in [6.07, 6.45) is 5.55. The summed E-state index contributed by atoms with van der Waals surface area (Å²) >= 11 is 6.03. The Morgan fingerprint density at radius 2 is 1.47 bits per heavy atom. The lowest BCUT2D eigenvalue weighted by Crippen LogP contribution is -2.42. The van der Waals surface area contributed by atoms with Gasteiger partial charge in [0, 0.05) is 22.7 Å². The number of carboxylic acid groups (broad SMARTS) is 1. The van der Waals surface area contributed by atoms with Gasteiger partial charge in [0.2, 0.25) is 5.91 Å². The Morgan fingerprint density at radius 3 is 2.14 bits per heavy atom. The van der Waals surface area contributed by atoms with Gasteiger partial charge in [-0.25, -0.2) is 14.0 Å². The molecule has 2 amide bonds. The van der Waals surface area contributed by atoms with E-state index in [2.05, 4.69) is 17.6 Å². The number of hydrogen-bond donors (Lipinski definition) is 3. The van der Waals surface area contributed by atoms with Gasteiger partial charge in [-0.2, -0.15) is 0 Å². The molecule has 0 saturated carbocycles. The molecule has 0 radical (unpaired) electrons. The van der Waals surface area contributed by atoms with Crippen LogP contribution in [-0.2, 0) is 22.4 Å². The summed E-state index contributed by atoms with van der Waals surface area (Å²) < 4.78 is 24.7. The van der Waals surface area contributed by atoms with E-state index in [-0.39, 0.29) is 29.2 Å². The molecule has 0 bridgehead atoms. The van der Waals surface area contributed by atoms with Gasteiger partial charge >= 0.3 is 11.9 Å². The van der Waals surface area contributed by atoms with E-state index < -0.39 is 35.6 Å². The summed E-state index contributed by atoms with van der Waals surface area (Å²) in [5, 5.41) is 15.2. The lowest BCUT2D eigenvalue weighted by atomic mass is 10.0. The van der Waals surface area contributed by atoms with Crippen molar-refractivity contribution in [3.8, 4) is 11.5 Å². The predicted octanol–water partition coefficient (Wildman–Crippen LogP) is 7.65. The standard InChI is InChI=1S/C38H38ClFN2O7/c1-2-3-4-5-6-21-48-31-18-11-27(12-19-31)38(47)49-32-16-7-25(8-17-32)22-34(37(45)46)42-36(44)26-9-14-30(15-10-26)41-35(43)24-28-23-29(40)13-20-33(28)39/h7-20,23,34H,2-6,21-22,24H2,1H3,(H,41,43)(H,42,44)(H,45,46). The van der Waals surface area contributed by atoms with Gasteiger partial charge in [-0.15, -0.1) is 0 Å². The fourth-order valence-corrected chi connectivity index (χ4v) is 5.07. The first-order chi connectivity index (χ1) is 23.6. The molecule has 0 aliphatic heterocycles. The third kappa shape index (κ3) is 11.8. The van der Waals surface area contributed by atoms with Crippen molar-refractivity contribution >= 4 is 41.0 Å². The second kappa shape index (κ2) is 18.4. The van der Waals surface area contributed by atoms with Crippen molar-refractivity contribution in [2.75, 3.05) is 11.9 Å². The minimum absolute atomic E-state index is 0.0217. The van der Waals surface area contributed by atoms with E-state index >= 15 is 0 Å². The third-order valence-corrected chi connectivity index (χ3v) is 7.94. The van der Waals surface area contributed by atoms with Crippen molar-refractivity contribution in [1.29, 1.82) is 0 Å². The summed E-state index contributed by atoms with van der Waals surface area (Å²) in [7, 11) is 0. The van der Waals surface area contributed by atoms with Crippen LogP contribution in [0.2, 0.25) is 5.02 Å². The Morgan fingerprint density at radius 1 is 0.816 bits per heavy atom. The van der Waals surface area contributed by atoms with Gasteiger partial charge < -0.3 is 25.2 Å². The fraction of sp³-hybridized carbons (Fsp3) is 0.263. The number of carboxylic acids is 1. The van der Waals surface area contributed by atoms with Crippen molar-refractivity contribution in [3.05, 3.63) is 124 Å². The van der Waals surface area contributed by atoms with E-state index in [1.807, 2.05) is 0 Å². The van der Waals surface area contributed by atoms with Crippen LogP contribution in [0.3, 0.4) is 0 Å². The molecule has 3 N–H and O–H groups in total. The van der Waals surface area contributed by atoms with Gasteiger partial charge in [0.25, 0.3) is 5.91 Å². The molecule has 4 aromatic rings. The Labute approximate surface area is 289 Å². The van der Waals surface area contributed by atoms with E-state index in [4.69, 9.17) is 21.1 Å². The molecule has 9 nitrogen and oxygen atoms in total. The molecular formula is C38H38ClFN2O7. The molecule has 0 fully saturated rings. The summed E-state index contributed by atoms with van der Waals surface area (Å²) in [5.41, 5.74) is 1.86. The SMILES string of the molecule is CCCCCCCOc1ccc(C(=O)Oc2ccc(CC(NC(=O)c3ccc(NC(=O)Cc4cc(F)ccc4Cl)cc3)C(=O)O)cc2)cc1. The summed E-state index contributed by atoms with van der Waals surface area (Å²) in [6, 6.07) is 21.5. The van der Waals surface area contributed by atoms with Crippen molar-refractivity contribution < 1.29 is 38.1 Å². The fourth-order valence-electron chi connectivity index (χ4n) is 4.88. The summed E-state index contributed by atoms with van der Waals surface area (Å²) in [6.45, 7) is 2.80. The number of nitrogens with one attached hydrogen (secondary N) is 2. The zero-order valence-corrected chi connectivity index (χ0v) is 27.8. The van der Waals surface area contributed by atoms with E-state index in [0.717, 1.165) is 12.8 Å². The number of benzene rings is 4. The van der Waals surface area contributed by atoms with Crippen LogP contribution < -0.4 is 20.1 Å². The number of anilines is 1. The second-order valence-corrected chi connectivity index (χ2v) is 11.8. The molecule has 0 aliphatic rings. The minimum atomic E-state index is -1.24. The van der Waals surface area contributed by atoms with Gasteiger partial charge in [0.15, 0.2) is 0 Å². The largest absolute Gasteiger partial charge is 0.494 e. The average molecular weight is 689 g/mol. The first-order valence-corrected chi connectivity index (χ1v) is 16.4. The van der Waals surface area contributed by atoms with E-state index in [9.17, 15) is 28.7 Å². The molecule has 11 heteroatoms. The molecule has 49 heavy (non-hydrogen) atoms. The Kier molecular flexibility index (Phi) is 13.7. The number of esters is 1. The highest BCUT2D eigenvalue weighted by molar-refractivity contribution is 6.31. The average Bonchev–Trinajstić information content (AvgIpc) is 3.09. The first-order valence-electron chi connectivity index (χ1n) is 16.0. The number of hydrogen-bond acceptors (Lipinski definition) is 6. The molecular weight excluding hydrogens is 651 g/mol. The smallest absolute Gasteiger partial charge is 0.343 e. The topological polar surface area (TPSA) is 131 Å². The maximum absolute atomic E-state index is 13.5. The van der Waals surface area contributed by atoms with Crippen LogP contribution in [0, 0.1) is 5.82 Å². The zero-order chi connectivity index (χ0) is 35.2. The van der Waals surface area contributed by atoms with Gasteiger partial charge in [0.05, 0.1) is 18.6 Å². The lowest BCUT2D eigenvalue weighted by molar-refractivity contribution is -0.139. The zero-order valence-electron chi connectivity index (χ0n) is 27.0. The maximum atomic E-state index is 13.5. The second-order valence-electron chi connectivity index (χ2n) is 11.4. The van der Waals surface area contributed by atoms with Crippen LogP contribution in [0.5, 0.6) is 11.5 Å². The van der Waals surface area contributed by atoms with Crippen molar-refractivity contribution in [3.63, 3.8) is 0 Å². The monoisotopic (exact) mass is 688 g/mol. The van der Waals surface area contributed by atoms with Gasteiger partial charge in [-0.3, -0.25) is 9.59 Å². The molecule has 0 saturated heterocycles. The van der Waals surface area contributed by atoms with Gasteiger partial charge in [0.1, 0.15) is 23.4 Å². The normalized spacial score (nSPS) is 11.3. The number of unbranched alkanes of at least 4 members (excludes halogenated alkanes) is 4. The molecule has 0 aromatic heterocycles. The molecule has 0 spiro atoms. The lowest BCUT2D eigenvalue weighted by Gasteiger charge is -2.15. The third-order valence-electron chi connectivity index (χ3n) is 7.57. The molecule has 1 unspecified atom stereocenters. The van der Waals surface area contributed by atoms with Crippen molar-refractivity contribution in [1.82, 2.24) is 5.32 Å². The number of carbonyl (C=O) groups is 4. The number of ether oxygens (including phenoxy) is 2. The predicted molar refractivity (Wildman–Crippen MR) is 185 cm³/mol. The van der Waals surface area contributed by atoms with E-state index in [1.54, 1.807) is 48.5 Å². The van der Waals surface area contributed by atoms with Crippen molar-refractivity contribution in [2.45, 2.75) is 57.9 Å². The molecule has 4 aromatic carbocycles. The molecule has 0 aliphatic carbocycles. The van der Waals surface area contributed by atoms with Crippen LogP contribution in [-0.4, -0.2) is 41.5 Å². The van der Waals surface area contributed by atoms with E-state index in [0.29, 0.717) is 34.7 Å². The van der Waals surface area contributed by atoms with Crippen LogP contribution in [0.4, 0.5) is 10.1 Å². The van der Waals surface area contributed by atoms with Crippen LogP contribution in [0.1, 0.15) is 70.9 Å². The number of amides is 2. The molecule has 1 atom stereocenters. The molecule has 256 valence electrons. The number of rotatable bonds is 17. The number of halogens is 2.